The van der Waals surface area contributed by atoms with E-state index >= 15 is 0 Å². The van der Waals surface area contributed by atoms with Crippen LogP contribution in [0.5, 0.6) is 0 Å². The van der Waals surface area contributed by atoms with Crippen molar-refractivity contribution in [1.82, 2.24) is 14.9 Å². The van der Waals surface area contributed by atoms with Crippen LogP contribution in [0.15, 0.2) is 12.3 Å². The number of hydrogen-bond donors (Lipinski definition) is 1. The molecule has 1 N–H and O–H groups in total. The first kappa shape index (κ1) is 15.4. The number of amides is 1. The van der Waals surface area contributed by atoms with Gasteiger partial charge >= 0.3 is 5.97 Å². The molecule has 0 aromatic carbocycles. The van der Waals surface area contributed by atoms with E-state index in [0.29, 0.717) is 11.5 Å². The van der Waals surface area contributed by atoms with E-state index < -0.39 is 23.7 Å². The van der Waals surface area contributed by atoms with E-state index in [0.717, 1.165) is 0 Å². The molecule has 1 aromatic heterocycles. The number of carboxylic acid groups (broad SMARTS) is 1. The summed E-state index contributed by atoms with van der Waals surface area (Å²) in [5.74, 6) is -0.845. The van der Waals surface area contributed by atoms with E-state index in [1.54, 1.807) is 19.2 Å². The highest BCUT2D eigenvalue weighted by molar-refractivity contribution is 5.83. The van der Waals surface area contributed by atoms with Gasteiger partial charge in [-0.25, -0.2) is 14.8 Å². The minimum absolute atomic E-state index is 0.241. The first-order valence-corrected chi connectivity index (χ1v) is 6.68. The average Bonchev–Trinajstić information content (AvgIpc) is 2.36. The summed E-state index contributed by atoms with van der Waals surface area (Å²) in [6.07, 6.45) is 0.410. The molecule has 0 saturated carbocycles. The Morgan fingerprint density at radius 3 is 2.67 bits per heavy atom. The van der Waals surface area contributed by atoms with Crippen LogP contribution in [0.4, 0.5) is 0 Å². The second-order valence-electron chi connectivity index (χ2n) is 5.98. The SMILES string of the molecule is Cc1nccc(C2C(C(=O)O)OCC(=O)N2C(C)(C)C)n1. The van der Waals surface area contributed by atoms with Crippen LogP contribution < -0.4 is 0 Å². The maximum Gasteiger partial charge on any atom is 0.335 e. The lowest BCUT2D eigenvalue weighted by molar-refractivity contribution is -0.180. The van der Waals surface area contributed by atoms with Gasteiger partial charge in [0.25, 0.3) is 0 Å². The number of nitrogens with zero attached hydrogens (tertiary/aromatic N) is 3. The molecule has 2 heterocycles. The number of morpholine rings is 1. The quantitative estimate of drug-likeness (QED) is 0.872. The Labute approximate surface area is 123 Å². The average molecular weight is 293 g/mol. The second-order valence-corrected chi connectivity index (χ2v) is 5.98. The number of carboxylic acids is 1. The number of hydrogen-bond acceptors (Lipinski definition) is 5. The minimum Gasteiger partial charge on any atom is -0.479 e. The highest BCUT2D eigenvalue weighted by atomic mass is 16.5. The highest BCUT2D eigenvalue weighted by Gasteiger charge is 2.46. The number of ether oxygens (including phenoxy) is 1. The summed E-state index contributed by atoms with van der Waals surface area (Å²) in [6, 6.07) is 0.847. The zero-order chi connectivity index (χ0) is 15.8. The van der Waals surface area contributed by atoms with Crippen molar-refractivity contribution in [1.29, 1.82) is 0 Å². The van der Waals surface area contributed by atoms with Gasteiger partial charge in [-0.15, -0.1) is 0 Å². The second kappa shape index (κ2) is 5.40. The summed E-state index contributed by atoms with van der Waals surface area (Å²) in [4.78, 5) is 33.6. The Balaban J connectivity index is 2.54. The van der Waals surface area contributed by atoms with Gasteiger partial charge in [-0.1, -0.05) is 0 Å². The molecule has 114 valence electrons. The number of carbonyl (C=O) groups excluding carboxylic acids is 1. The van der Waals surface area contributed by atoms with Crippen molar-refractivity contribution in [2.24, 2.45) is 0 Å². The van der Waals surface area contributed by atoms with Crippen molar-refractivity contribution in [3.63, 3.8) is 0 Å². The van der Waals surface area contributed by atoms with Crippen LogP contribution in [0.2, 0.25) is 0 Å². The monoisotopic (exact) mass is 293 g/mol. The number of aromatic nitrogens is 2. The summed E-state index contributed by atoms with van der Waals surface area (Å²) < 4.78 is 5.23. The van der Waals surface area contributed by atoms with E-state index in [9.17, 15) is 14.7 Å². The Kier molecular flexibility index (Phi) is 3.95. The Morgan fingerprint density at radius 1 is 1.48 bits per heavy atom. The summed E-state index contributed by atoms with van der Waals surface area (Å²) in [5.41, 5.74) is -0.0733. The smallest absolute Gasteiger partial charge is 0.335 e. The first-order valence-electron chi connectivity index (χ1n) is 6.68. The topological polar surface area (TPSA) is 92.6 Å². The fourth-order valence-corrected chi connectivity index (χ4v) is 2.54. The normalized spacial score (nSPS) is 23.2. The summed E-state index contributed by atoms with van der Waals surface area (Å²) in [5, 5.41) is 9.40. The molecule has 1 aliphatic heterocycles. The Bertz CT molecular complexity index is 568. The van der Waals surface area contributed by atoms with Crippen molar-refractivity contribution in [2.75, 3.05) is 6.61 Å². The van der Waals surface area contributed by atoms with Gasteiger partial charge < -0.3 is 14.7 Å². The van der Waals surface area contributed by atoms with E-state index in [2.05, 4.69) is 9.97 Å². The van der Waals surface area contributed by atoms with Crippen LogP contribution in [-0.2, 0) is 14.3 Å². The third-order valence-electron chi connectivity index (χ3n) is 3.29. The number of rotatable bonds is 2. The lowest BCUT2D eigenvalue weighted by Crippen LogP contribution is -2.58. The Hall–Kier alpha value is -2.02. The molecule has 0 aliphatic carbocycles. The molecular weight excluding hydrogens is 274 g/mol. The number of aryl methyl sites for hydroxylation is 1. The van der Waals surface area contributed by atoms with Crippen molar-refractivity contribution in [2.45, 2.75) is 45.4 Å². The van der Waals surface area contributed by atoms with Crippen LogP contribution in [0.3, 0.4) is 0 Å². The lowest BCUT2D eigenvalue weighted by Gasteiger charge is -2.46. The van der Waals surface area contributed by atoms with Crippen molar-refractivity contribution < 1.29 is 19.4 Å². The van der Waals surface area contributed by atoms with Crippen molar-refractivity contribution in [3.8, 4) is 0 Å². The van der Waals surface area contributed by atoms with Crippen LogP contribution >= 0.6 is 0 Å². The maximum atomic E-state index is 12.2. The zero-order valence-electron chi connectivity index (χ0n) is 12.5. The van der Waals surface area contributed by atoms with Gasteiger partial charge in [-0.3, -0.25) is 4.79 Å². The maximum absolute atomic E-state index is 12.2. The molecule has 2 rings (SSSR count). The molecule has 0 bridgehead atoms. The zero-order valence-corrected chi connectivity index (χ0v) is 12.5. The predicted molar refractivity (Wildman–Crippen MR) is 73.5 cm³/mol. The third-order valence-corrected chi connectivity index (χ3v) is 3.29. The van der Waals surface area contributed by atoms with E-state index in [-0.39, 0.29) is 12.5 Å². The molecule has 0 radical (unpaired) electrons. The van der Waals surface area contributed by atoms with Gasteiger partial charge in [0, 0.05) is 11.7 Å². The predicted octanol–water partition coefficient (Wildman–Crippen LogP) is 0.937. The van der Waals surface area contributed by atoms with Crippen LogP contribution in [0, 0.1) is 6.92 Å². The molecule has 2 unspecified atom stereocenters. The number of carbonyl (C=O) groups is 2. The van der Waals surface area contributed by atoms with Gasteiger partial charge in [-0.05, 0) is 33.8 Å². The van der Waals surface area contributed by atoms with Crippen LogP contribution in [-0.4, -0.2) is 50.1 Å². The van der Waals surface area contributed by atoms with Crippen molar-refractivity contribution in [3.05, 3.63) is 23.8 Å². The van der Waals surface area contributed by atoms with Gasteiger partial charge in [-0.2, -0.15) is 0 Å². The third kappa shape index (κ3) is 3.02. The molecule has 7 heteroatoms. The Morgan fingerprint density at radius 2 is 2.14 bits per heavy atom. The van der Waals surface area contributed by atoms with Crippen LogP contribution in [0.25, 0.3) is 0 Å². The fraction of sp³-hybridized carbons (Fsp3) is 0.571. The standard InChI is InChI=1S/C14H19N3O4/c1-8-15-6-5-9(16-8)11-12(13(19)20)21-7-10(18)17(11)14(2,3)4/h5-6,11-12H,7H2,1-4H3,(H,19,20). The summed E-state index contributed by atoms with van der Waals surface area (Å²) in [6.45, 7) is 7.05. The number of aliphatic carboxylic acids is 1. The van der Waals surface area contributed by atoms with Crippen LogP contribution in [0.1, 0.15) is 38.3 Å². The fourth-order valence-electron chi connectivity index (χ4n) is 2.54. The van der Waals surface area contributed by atoms with Gasteiger partial charge in [0.05, 0.1) is 5.69 Å². The molecular formula is C14H19N3O4. The van der Waals surface area contributed by atoms with Gasteiger partial charge in [0.15, 0.2) is 6.10 Å². The van der Waals surface area contributed by atoms with Gasteiger partial charge in [0.2, 0.25) is 5.91 Å². The molecule has 2 atom stereocenters. The molecule has 1 aromatic rings. The van der Waals surface area contributed by atoms with E-state index in [4.69, 9.17) is 4.74 Å². The van der Waals surface area contributed by atoms with E-state index in [1.165, 1.54) is 4.90 Å². The molecule has 1 amide bonds. The molecule has 0 spiro atoms. The lowest BCUT2D eigenvalue weighted by atomic mass is 9.95. The molecule has 1 fully saturated rings. The summed E-state index contributed by atoms with van der Waals surface area (Å²) >= 11 is 0. The minimum atomic E-state index is -1.14. The highest BCUT2D eigenvalue weighted by Crippen LogP contribution is 2.34. The summed E-state index contributed by atoms with van der Waals surface area (Å²) in [7, 11) is 0. The molecule has 1 saturated heterocycles. The largest absolute Gasteiger partial charge is 0.479 e. The van der Waals surface area contributed by atoms with Gasteiger partial charge in [0.1, 0.15) is 18.5 Å². The van der Waals surface area contributed by atoms with E-state index in [1.807, 2.05) is 20.8 Å². The molecule has 1 aliphatic rings. The molecule has 7 nitrogen and oxygen atoms in total. The van der Waals surface area contributed by atoms with Crippen molar-refractivity contribution >= 4 is 11.9 Å². The molecule has 21 heavy (non-hydrogen) atoms. The first-order chi connectivity index (χ1) is 9.71.